The number of halogens is 2. The third-order valence-electron chi connectivity index (χ3n) is 2.17. The molecule has 0 amide bonds. The lowest BCUT2D eigenvalue weighted by Gasteiger charge is -1.94. The second-order valence-corrected chi connectivity index (χ2v) is 5.94. The lowest BCUT2D eigenvalue weighted by Crippen LogP contribution is -2.62. The summed E-state index contributed by atoms with van der Waals surface area (Å²) in [5.74, 6) is 0. The van der Waals surface area contributed by atoms with Gasteiger partial charge in [0.15, 0.2) is 0 Å². The van der Waals surface area contributed by atoms with Gasteiger partial charge in [-0.1, -0.05) is 0 Å². The van der Waals surface area contributed by atoms with Crippen LogP contribution in [0.4, 0.5) is 11.4 Å². The van der Waals surface area contributed by atoms with Gasteiger partial charge in [0.2, 0.25) is 6.34 Å². The third kappa shape index (κ3) is 4.27. The van der Waals surface area contributed by atoms with Gasteiger partial charge in [0.1, 0.15) is 11.4 Å². The monoisotopic (exact) mass is 449 g/mol. The molecule has 0 heterocycles. The Morgan fingerprint density at radius 3 is 1.94 bits per heavy atom. The minimum atomic E-state index is 1.07. The molecule has 0 unspecified atom stereocenters. The molecule has 86 valence electrons. The van der Waals surface area contributed by atoms with E-state index in [0.717, 1.165) is 11.4 Å². The van der Waals surface area contributed by atoms with E-state index < -0.39 is 0 Å². The van der Waals surface area contributed by atoms with Gasteiger partial charge in [0.05, 0.1) is 0 Å². The highest BCUT2D eigenvalue weighted by Crippen LogP contribution is 2.09. The molecule has 4 heteroatoms. The summed E-state index contributed by atoms with van der Waals surface area (Å²) in [6, 6.07) is 16.5. The predicted molar refractivity (Wildman–Crippen MR) is 88.6 cm³/mol. The maximum atomic E-state index is 3.19. The Kier molecular flexibility index (Phi) is 4.78. The molecule has 0 saturated heterocycles. The average Bonchev–Trinajstić information content (AvgIpc) is 2.34. The number of hydrogen-bond donors (Lipinski definition) is 2. The van der Waals surface area contributed by atoms with Gasteiger partial charge in [-0.2, -0.15) is 0 Å². The minimum absolute atomic E-state index is 1.07. The molecule has 0 fully saturated rings. The van der Waals surface area contributed by atoms with E-state index in [1.54, 1.807) is 0 Å². The molecule has 0 spiro atoms. The minimum Gasteiger partial charge on any atom is -0.247 e. The van der Waals surface area contributed by atoms with Crippen molar-refractivity contribution in [3.8, 4) is 0 Å². The van der Waals surface area contributed by atoms with Crippen molar-refractivity contribution < 1.29 is 4.99 Å². The fraction of sp³-hybridized carbons (Fsp3) is 0. The summed E-state index contributed by atoms with van der Waals surface area (Å²) in [6.07, 6.45) is 1.84. The number of benzene rings is 2. The highest BCUT2D eigenvalue weighted by atomic mass is 127. The van der Waals surface area contributed by atoms with Crippen molar-refractivity contribution >= 4 is 62.9 Å². The molecule has 0 aliphatic heterocycles. The second-order valence-electron chi connectivity index (χ2n) is 3.45. The van der Waals surface area contributed by atoms with Gasteiger partial charge in [0, 0.05) is 7.14 Å². The number of rotatable bonds is 3. The van der Waals surface area contributed by atoms with E-state index in [1.807, 2.05) is 30.6 Å². The molecule has 0 atom stereocenters. The summed E-state index contributed by atoms with van der Waals surface area (Å²) in [6.45, 7) is 0. The Labute approximate surface area is 128 Å². The lowest BCUT2D eigenvalue weighted by molar-refractivity contribution is -0.347. The van der Waals surface area contributed by atoms with Gasteiger partial charge in [-0.3, -0.25) is 0 Å². The van der Waals surface area contributed by atoms with Crippen LogP contribution in [0.2, 0.25) is 0 Å². The summed E-state index contributed by atoms with van der Waals surface area (Å²) < 4.78 is 2.47. The van der Waals surface area contributed by atoms with E-state index in [2.05, 4.69) is 79.8 Å². The number of anilines is 1. The molecule has 2 rings (SSSR count). The molecule has 2 nitrogen and oxygen atoms in total. The Hall–Kier alpha value is -0.630. The molecular weight excluding hydrogens is 438 g/mol. The second kappa shape index (κ2) is 6.34. The van der Waals surface area contributed by atoms with Gasteiger partial charge < -0.3 is 0 Å². The molecule has 0 bridgehead atoms. The van der Waals surface area contributed by atoms with Crippen molar-refractivity contribution in [1.29, 1.82) is 0 Å². The molecule has 0 aromatic heterocycles. The lowest BCUT2D eigenvalue weighted by atomic mass is 10.3. The van der Waals surface area contributed by atoms with Gasteiger partial charge in [0.25, 0.3) is 0 Å². The fourth-order valence-corrected chi connectivity index (χ4v) is 2.01. The van der Waals surface area contributed by atoms with Gasteiger partial charge in [-0.25, -0.2) is 10.3 Å². The molecule has 2 aromatic carbocycles. The van der Waals surface area contributed by atoms with Crippen LogP contribution in [-0.2, 0) is 0 Å². The van der Waals surface area contributed by atoms with Crippen LogP contribution in [0.1, 0.15) is 0 Å². The van der Waals surface area contributed by atoms with E-state index in [4.69, 9.17) is 0 Å². The van der Waals surface area contributed by atoms with E-state index in [1.165, 1.54) is 7.14 Å². The van der Waals surface area contributed by atoms with E-state index in [-0.39, 0.29) is 0 Å². The topological polar surface area (TPSA) is 26.0 Å². The summed E-state index contributed by atoms with van der Waals surface area (Å²) in [4.78, 5) is 3.19. The summed E-state index contributed by atoms with van der Waals surface area (Å²) in [7, 11) is 0. The van der Waals surface area contributed by atoms with Crippen molar-refractivity contribution in [3.63, 3.8) is 0 Å². The number of nitrogens with one attached hydrogen (secondary N) is 2. The number of hydrogen-bond acceptors (Lipinski definition) is 0. The van der Waals surface area contributed by atoms with Gasteiger partial charge >= 0.3 is 0 Å². The van der Waals surface area contributed by atoms with Crippen molar-refractivity contribution in [2.75, 3.05) is 5.32 Å². The quantitative estimate of drug-likeness (QED) is 0.421. The smallest absolute Gasteiger partial charge is 0.240 e. The molecule has 17 heavy (non-hydrogen) atoms. The zero-order valence-corrected chi connectivity index (χ0v) is 13.3. The van der Waals surface area contributed by atoms with Crippen LogP contribution >= 0.6 is 45.2 Å². The molecule has 0 radical (unpaired) electrons. The van der Waals surface area contributed by atoms with Crippen LogP contribution in [-0.4, -0.2) is 6.34 Å². The highest BCUT2D eigenvalue weighted by molar-refractivity contribution is 14.1. The van der Waals surface area contributed by atoms with E-state index >= 15 is 0 Å². The normalized spacial score (nSPS) is 10.7. The molecule has 2 N–H and O–H groups in total. The molecule has 0 aliphatic rings. The third-order valence-corrected chi connectivity index (χ3v) is 3.60. The summed E-state index contributed by atoms with van der Waals surface area (Å²) in [5.41, 5.74) is 2.15. The molecule has 2 aromatic rings. The SMILES string of the molecule is Ic1ccc(NC=[NH+]c2ccc(I)cc2)cc1. The predicted octanol–water partition coefficient (Wildman–Crippen LogP) is 2.75. The maximum Gasteiger partial charge on any atom is 0.240 e. The van der Waals surface area contributed by atoms with Crippen molar-refractivity contribution in [2.24, 2.45) is 0 Å². The average molecular weight is 449 g/mol. The molecule has 0 aliphatic carbocycles. The first-order chi connectivity index (χ1) is 8.24. The van der Waals surface area contributed by atoms with Crippen LogP contribution in [0.25, 0.3) is 0 Å². The van der Waals surface area contributed by atoms with Crippen LogP contribution < -0.4 is 10.3 Å². The van der Waals surface area contributed by atoms with E-state index in [9.17, 15) is 0 Å². The highest BCUT2D eigenvalue weighted by Gasteiger charge is 1.94. The first-order valence-electron chi connectivity index (χ1n) is 5.10. The molecule has 0 saturated carbocycles. The van der Waals surface area contributed by atoms with Crippen LogP contribution in [0, 0.1) is 7.14 Å². The Bertz CT molecular complexity index is 504. The zero-order chi connectivity index (χ0) is 12.1. The summed E-state index contributed by atoms with van der Waals surface area (Å²) in [5, 5.41) is 3.19. The van der Waals surface area contributed by atoms with Crippen molar-refractivity contribution in [3.05, 3.63) is 55.7 Å². The summed E-state index contributed by atoms with van der Waals surface area (Å²) >= 11 is 4.58. The fourth-order valence-electron chi connectivity index (χ4n) is 1.29. The van der Waals surface area contributed by atoms with Gasteiger partial charge in [-0.05, 0) is 93.7 Å². The van der Waals surface area contributed by atoms with E-state index in [0.29, 0.717) is 0 Å². The Morgan fingerprint density at radius 1 is 0.824 bits per heavy atom. The van der Waals surface area contributed by atoms with Crippen LogP contribution in [0.3, 0.4) is 0 Å². The van der Waals surface area contributed by atoms with Crippen molar-refractivity contribution in [2.45, 2.75) is 0 Å². The molecular formula is C13H11I2N2+. The van der Waals surface area contributed by atoms with Crippen LogP contribution in [0.5, 0.6) is 0 Å². The maximum absolute atomic E-state index is 3.19. The Balaban J connectivity index is 1.97. The first kappa shape index (κ1) is 12.8. The van der Waals surface area contributed by atoms with Crippen molar-refractivity contribution in [1.82, 2.24) is 0 Å². The van der Waals surface area contributed by atoms with Gasteiger partial charge in [-0.15, -0.1) is 0 Å². The first-order valence-corrected chi connectivity index (χ1v) is 7.26. The largest absolute Gasteiger partial charge is 0.247 e. The Morgan fingerprint density at radius 2 is 1.35 bits per heavy atom. The van der Waals surface area contributed by atoms with Crippen LogP contribution in [0.15, 0.2) is 48.5 Å². The zero-order valence-electron chi connectivity index (χ0n) is 8.95. The standard InChI is InChI=1S/C13H10I2N2/c14-10-1-5-12(6-2-10)16-9-17-13-7-3-11(15)4-8-13/h1-9H,(H,16,17)/p+1.